The van der Waals surface area contributed by atoms with Crippen LogP contribution in [-0.2, 0) is 5.75 Å². The number of rotatable bonds is 4. The van der Waals surface area contributed by atoms with Gasteiger partial charge in [0, 0.05) is 11.8 Å². The third kappa shape index (κ3) is 4.92. The van der Waals surface area contributed by atoms with Crippen molar-refractivity contribution < 1.29 is 0 Å². The van der Waals surface area contributed by atoms with Crippen LogP contribution in [-0.4, -0.2) is 11.2 Å². The number of nitriles is 1. The van der Waals surface area contributed by atoms with Gasteiger partial charge >= 0.3 is 0 Å². The molecule has 1 aromatic rings. The Balaban J connectivity index is 2.50. The summed E-state index contributed by atoms with van der Waals surface area (Å²) in [5, 5.41) is 9.31. The molecular formula is C13H17N3S. The largest absolute Gasteiger partial charge is 0.379 e. The number of nitrogens with two attached hydrogens (primary N) is 1. The van der Waals surface area contributed by atoms with Crippen molar-refractivity contribution in [2.45, 2.75) is 32.1 Å². The maximum atomic E-state index is 8.68. The lowest BCUT2D eigenvalue weighted by molar-refractivity contribution is 0.718. The fraction of sp³-hybridized carbons (Fsp3) is 0.385. The van der Waals surface area contributed by atoms with Crippen LogP contribution < -0.4 is 5.73 Å². The molecule has 1 atom stereocenters. The Kier molecular flexibility index (Phi) is 5.58. The van der Waals surface area contributed by atoms with Gasteiger partial charge in [-0.3, -0.25) is 4.99 Å². The molecule has 0 amide bonds. The highest BCUT2D eigenvalue weighted by atomic mass is 32.2. The van der Waals surface area contributed by atoms with E-state index in [0.717, 1.165) is 17.7 Å². The molecule has 0 heterocycles. The molecule has 4 heteroatoms. The predicted octanol–water partition coefficient (Wildman–Crippen LogP) is 2.90. The molecule has 0 aliphatic heterocycles. The maximum Gasteiger partial charge on any atom is 0.154 e. The number of aliphatic imine (C=N–C) groups is 1. The standard InChI is InChI=1S/C13H17N3S/c1-3-10(2)16-13(15)17-9-12-6-4-11(8-14)5-7-12/h4-7,10H,3,9H2,1-2H3,(H2,15,16)/t10-/m1/s1. The third-order valence-electron chi connectivity index (χ3n) is 2.41. The molecule has 1 aromatic carbocycles. The summed E-state index contributed by atoms with van der Waals surface area (Å²) in [6, 6.07) is 9.91. The number of amidine groups is 1. The number of hydrogen-bond donors (Lipinski definition) is 1. The quantitative estimate of drug-likeness (QED) is 0.657. The van der Waals surface area contributed by atoms with E-state index in [9.17, 15) is 0 Å². The molecule has 90 valence electrons. The van der Waals surface area contributed by atoms with E-state index in [1.165, 1.54) is 11.8 Å². The number of hydrogen-bond acceptors (Lipinski definition) is 3. The van der Waals surface area contributed by atoms with Crippen molar-refractivity contribution >= 4 is 16.9 Å². The lowest BCUT2D eigenvalue weighted by atomic mass is 10.2. The summed E-state index contributed by atoms with van der Waals surface area (Å²) in [5.41, 5.74) is 7.64. The van der Waals surface area contributed by atoms with Crippen LogP contribution >= 0.6 is 11.8 Å². The van der Waals surface area contributed by atoms with E-state index < -0.39 is 0 Å². The zero-order valence-electron chi connectivity index (χ0n) is 10.2. The lowest BCUT2D eigenvalue weighted by Gasteiger charge is -2.05. The van der Waals surface area contributed by atoms with Crippen LogP contribution in [0.5, 0.6) is 0 Å². The Bertz CT molecular complexity index is 417. The van der Waals surface area contributed by atoms with Crippen LogP contribution in [0.2, 0.25) is 0 Å². The molecule has 0 unspecified atom stereocenters. The fourth-order valence-electron chi connectivity index (χ4n) is 1.18. The first-order valence-corrected chi connectivity index (χ1v) is 6.59. The van der Waals surface area contributed by atoms with Crippen molar-refractivity contribution in [3.63, 3.8) is 0 Å². The van der Waals surface area contributed by atoms with E-state index in [1.807, 2.05) is 24.3 Å². The lowest BCUT2D eigenvalue weighted by Crippen LogP contribution is -2.11. The molecule has 0 aromatic heterocycles. The van der Waals surface area contributed by atoms with Gasteiger partial charge in [-0.25, -0.2) is 0 Å². The molecule has 17 heavy (non-hydrogen) atoms. The highest BCUT2D eigenvalue weighted by Gasteiger charge is 2.00. The van der Waals surface area contributed by atoms with E-state index in [-0.39, 0.29) is 6.04 Å². The van der Waals surface area contributed by atoms with Crippen molar-refractivity contribution in [3.05, 3.63) is 35.4 Å². The van der Waals surface area contributed by atoms with Crippen LogP contribution in [0.3, 0.4) is 0 Å². The van der Waals surface area contributed by atoms with Crippen LogP contribution in [0.1, 0.15) is 31.4 Å². The van der Waals surface area contributed by atoms with Crippen molar-refractivity contribution in [1.29, 1.82) is 5.26 Å². The molecule has 0 saturated heterocycles. The smallest absolute Gasteiger partial charge is 0.154 e. The Morgan fingerprint density at radius 1 is 1.47 bits per heavy atom. The Labute approximate surface area is 107 Å². The van der Waals surface area contributed by atoms with Gasteiger partial charge in [-0.1, -0.05) is 30.8 Å². The normalized spacial score (nSPS) is 13.1. The van der Waals surface area contributed by atoms with Gasteiger partial charge < -0.3 is 5.73 Å². The fourth-order valence-corrected chi connectivity index (χ4v) is 1.94. The van der Waals surface area contributed by atoms with Crippen LogP contribution in [0.25, 0.3) is 0 Å². The summed E-state index contributed by atoms with van der Waals surface area (Å²) in [7, 11) is 0. The Morgan fingerprint density at radius 2 is 2.12 bits per heavy atom. The SMILES string of the molecule is CC[C@@H](C)N=C(N)SCc1ccc(C#N)cc1. The van der Waals surface area contributed by atoms with E-state index in [2.05, 4.69) is 24.9 Å². The summed E-state index contributed by atoms with van der Waals surface area (Å²) in [6.07, 6.45) is 0.998. The second-order valence-corrected chi connectivity index (χ2v) is 4.82. The summed E-state index contributed by atoms with van der Waals surface area (Å²) in [6.45, 7) is 4.14. The number of benzene rings is 1. The van der Waals surface area contributed by atoms with Crippen molar-refractivity contribution in [2.75, 3.05) is 0 Å². The van der Waals surface area contributed by atoms with Crippen molar-refractivity contribution in [3.8, 4) is 6.07 Å². The highest BCUT2D eigenvalue weighted by molar-refractivity contribution is 8.13. The first-order valence-electron chi connectivity index (χ1n) is 5.60. The predicted molar refractivity (Wildman–Crippen MR) is 73.8 cm³/mol. The molecule has 0 saturated carbocycles. The minimum atomic E-state index is 0.281. The molecule has 1 rings (SSSR count). The van der Waals surface area contributed by atoms with Gasteiger partial charge in [-0.2, -0.15) is 5.26 Å². The average Bonchev–Trinajstić information content (AvgIpc) is 2.36. The highest BCUT2D eigenvalue weighted by Crippen LogP contribution is 2.13. The minimum absolute atomic E-state index is 0.281. The molecule has 3 nitrogen and oxygen atoms in total. The molecule has 2 N–H and O–H groups in total. The van der Waals surface area contributed by atoms with Crippen LogP contribution in [0, 0.1) is 11.3 Å². The molecule has 0 spiro atoms. The molecular weight excluding hydrogens is 230 g/mol. The second kappa shape index (κ2) is 6.97. The van der Waals surface area contributed by atoms with Crippen molar-refractivity contribution in [2.24, 2.45) is 10.7 Å². The van der Waals surface area contributed by atoms with Crippen molar-refractivity contribution in [1.82, 2.24) is 0 Å². The third-order valence-corrected chi connectivity index (χ3v) is 3.29. The number of nitrogens with zero attached hydrogens (tertiary/aromatic N) is 2. The topological polar surface area (TPSA) is 62.2 Å². The first-order chi connectivity index (χ1) is 8.15. The Hall–Kier alpha value is -1.47. The Morgan fingerprint density at radius 3 is 2.65 bits per heavy atom. The molecule has 0 bridgehead atoms. The molecule has 0 aliphatic carbocycles. The van der Waals surface area contributed by atoms with E-state index in [4.69, 9.17) is 11.0 Å². The first kappa shape index (κ1) is 13.6. The van der Waals surface area contributed by atoms with Crippen LogP contribution in [0.15, 0.2) is 29.3 Å². The van der Waals surface area contributed by atoms with Crippen LogP contribution in [0.4, 0.5) is 0 Å². The van der Waals surface area contributed by atoms with E-state index in [0.29, 0.717) is 10.7 Å². The van der Waals surface area contributed by atoms with Gasteiger partial charge in [0.15, 0.2) is 5.17 Å². The average molecular weight is 247 g/mol. The maximum absolute atomic E-state index is 8.68. The zero-order valence-corrected chi connectivity index (χ0v) is 11.0. The molecule has 0 radical (unpaired) electrons. The summed E-state index contributed by atoms with van der Waals surface area (Å²) in [5.74, 6) is 0.789. The molecule has 0 fully saturated rings. The zero-order chi connectivity index (χ0) is 12.7. The minimum Gasteiger partial charge on any atom is -0.379 e. The molecule has 0 aliphatic rings. The van der Waals surface area contributed by atoms with Gasteiger partial charge in [-0.05, 0) is 31.0 Å². The summed E-state index contributed by atoms with van der Waals surface area (Å²) in [4.78, 5) is 4.35. The summed E-state index contributed by atoms with van der Waals surface area (Å²) >= 11 is 1.53. The van der Waals surface area contributed by atoms with Gasteiger partial charge in [0.1, 0.15) is 0 Å². The van der Waals surface area contributed by atoms with E-state index in [1.54, 1.807) is 0 Å². The van der Waals surface area contributed by atoms with Gasteiger partial charge in [-0.15, -0.1) is 0 Å². The second-order valence-electron chi connectivity index (χ2n) is 3.82. The van der Waals surface area contributed by atoms with Gasteiger partial charge in [0.05, 0.1) is 11.6 Å². The number of thioether (sulfide) groups is 1. The monoisotopic (exact) mass is 247 g/mol. The van der Waals surface area contributed by atoms with Gasteiger partial charge in [0.25, 0.3) is 0 Å². The summed E-state index contributed by atoms with van der Waals surface area (Å²) < 4.78 is 0. The van der Waals surface area contributed by atoms with E-state index >= 15 is 0 Å². The van der Waals surface area contributed by atoms with Gasteiger partial charge in [0.2, 0.25) is 0 Å².